The molecule has 2 aromatic carbocycles. The van der Waals surface area contributed by atoms with Crippen molar-refractivity contribution in [2.45, 2.75) is 30.0 Å². The van der Waals surface area contributed by atoms with Crippen molar-refractivity contribution in [3.63, 3.8) is 0 Å². The number of hydrogen-bond acceptors (Lipinski definition) is 8. The molecule has 6 nitrogen and oxygen atoms in total. The first-order valence-electron chi connectivity index (χ1n) is 10.1. The van der Waals surface area contributed by atoms with Crippen molar-refractivity contribution in [1.82, 2.24) is 20.7 Å². The zero-order valence-electron chi connectivity index (χ0n) is 17.8. The minimum absolute atomic E-state index is 0.177. The van der Waals surface area contributed by atoms with Gasteiger partial charge in [-0.2, -0.15) is 0 Å². The third kappa shape index (κ3) is 4.30. The number of aromatic hydroxyl groups is 1. The van der Waals surface area contributed by atoms with Crippen molar-refractivity contribution in [2.75, 3.05) is 32.7 Å². The van der Waals surface area contributed by atoms with E-state index in [9.17, 15) is 5.11 Å². The standard InChI is InChI=1S/C22H30N4O2S2/c1-14-7-5-6-8-17(14)20-23-24-22(26(20)3)30-13-16-12-29-21(25(16)2)15-9-10-18(27)19(11-15)28-4/h5-11,16,20-24,27H,12-13H2,1-4H3. The van der Waals surface area contributed by atoms with Crippen molar-refractivity contribution in [3.05, 3.63) is 59.2 Å². The van der Waals surface area contributed by atoms with Crippen LogP contribution in [0.25, 0.3) is 0 Å². The van der Waals surface area contributed by atoms with Crippen LogP contribution >= 0.6 is 23.5 Å². The van der Waals surface area contributed by atoms with E-state index in [0.717, 1.165) is 11.5 Å². The van der Waals surface area contributed by atoms with Gasteiger partial charge in [0.15, 0.2) is 11.5 Å². The Morgan fingerprint density at radius 1 is 1.17 bits per heavy atom. The average molecular weight is 447 g/mol. The van der Waals surface area contributed by atoms with Crippen LogP contribution in [0, 0.1) is 6.92 Å². The molecule has 2 aliphatic heterocycles. The van der Waals surface area contributed by atoms with Crippen molar-refractivity contribution >= 4 is 23.5 Å². The van der Waals surface area contributed by atoms with Crippen molar-refractivity contribution in [2.24, 2.45) is 0 Å². The largest absolute Gasteiger partial charge is 0.504 e. The lowest BCUT2D eigenvalue weighted by Gasteiger charge is -2.28. The van der Waals surface area contributed by atoms with Crippen LogP contribution < -0.4 is 15.6 Å². The van der Waals surface area contributed by atoms with Crippen LogP contribution in [0.2, 0.25) is 0 Å². The number of nitrogens with one attached hydrogen (secondary N) is 2. The molecule has 0 bridgehead atoms. The van der Waals surface area contributed by atoms with Gasteiger partial charge in [-0.05, 0) is 49.8 Å². The highest BCUT2D eigenvalue weighted by atomic mass is 32.2. The number of methoxy groups -OCH3 is 1. The molecular weight excluding hydrogens is 416 g/mol. The quantitative estimate of drug-likeness (QED) is 0.623. The molecule has 2 saturated heterocycles. The highest BCUT2D eigenvalue weighted by Crippen LogP contribution is 2.43. The molecule has 4 atom stereocenters. The molecule has 4 unspecified atom stereocenters. The molecular formula is C22H30N4O2S2. The first-order valence-corrected chi connectivity index (χ1v) is 12.2. The molecule has 0 saturated carbocycles. The lowest BCUT2D eigenvalue weighted by atomic mass is 10.1. The molecule has 0 radical (unpaired) electrons. The fourth-order valence-corrected chi connectivity index (χ4v) is 6.93. The summed E-state index contributed by atoms with van der Waals surface area (Å²) in [6.45, 7) is 2.16. The van der Waals surface area contributed by atoms with E-state index in [2.05, 4.69) is 65.9 Å². The topological polar surface area (TPSA) is 60.0 Å². The van der Waals surface area contributed by atoms with Gasteiger partial charge in [-0.25, -0.2) is 10.9 Å². The fraction of sp³-hybridized carbons (Fsp3) is 0.455. The second-order valence-corrected chi connectivity index (χ2v) is 10.1. The van der Waals surface area contributed by atoms with E-state index < -0.39 is 0 Å². The number of benzene rings is 2. The summed E-state index contributed by atoms with van der Waals surface area (Å²) in [7, 11) is 5.95. The monoisotopic (exact) mass is 446 g/mol. The van der Waals surface area contributed by atoms with E-state index in [1.54, 1.807) is 13.2 Å². The van der Waals surface area contributed by atoms with Gasteiger partial charge >= 0.3 is 0 Å². The number of nitrogens with zero attached hydrogens (tertiary/aromatic N) is 2. The molecule has 2 aliphatic rings. The van der Waals surface area contributed by atoms with Gasteiger partial charge in [0.2, 0.25) is 0 Å². The Hall–Kier alpha value is -1.42. The van der Waals surface area contributed by atoms with E-state index in [0.29, 0.717) is 11.8 Å². The summed E-state index contributed by atoms with van der Waals surface area (Å²) in [5.41, 5.74) is 10.9. The van der Waals surface area contributed by atoms with Crippen LogP contribution in [0.15, 0.2) is 42.5 Å². The summed E-state index contributed by atoms with van der Waals surface area (Å²) in [4.78, 5) is 4.79. The van der Waals surface area contributed by atoms with Gasteiger partial charge in [0.05, 0.1) is 12.5 Å². The lowest BCUT2D eigenvalue weighted by molar-refractivity contribution is 0.276. The Kier molecular flexibility index (Phi) is 6.81. The number of phenols is 1. The highest BCUT2D eigenvalue weighted by Gasteiger charge is 2.36. The normalized spacial score (nSPS) is 27.6. The van der Waals surface area contributed by atoms with E-state index in [1.165, 1.54) is 16.7 Å². The van der Waals surface area contributed by atoms with Gasteiger partial charge in [-0.15, -0.1) is 23.5 Å². The van der Waals surface area contributed by atoms with E-state index in [-0.39, 0.29) is 22.8 Å². The maximum absolute atomic E-state index is 9.88. The van der Waals surface area contributed by atoms with E-state index in [1.807, 2.05) is 35.7 Å². The lowest BCUT2D eigenvalue weighted by Crippen LogP contribution is -2.36. The molecule has 4 rings (SSSR count). The van der Waals surface area contributed by atoms with Crippen LogP contribution in [0.3, 0.4) is 0 Å². The van der Waals surface area contributed by atoms with Crippen LogP contribution in [0.5, 0.6) is 11.5 Å². The van der Waals surface area contributed by atoms with Gasteiger partial charge in [-0.1, -0.05) is 30.3 Å². The molecule has 162 valence electrons. The second-order valence-electron chi connectivity index (χ2n) is 7.84. The number of hydrogen-bond donors (Lipinski definition) is 3. The highest BCUT2D eigenvalue weighted by molar-refractivity contribution is 8.00. The predicted molar refractivity (Wildman–Crippen MR) is 126 cm³/mol. The van der Waals surface area contributed by atoms with Crippen molar-refractivity contribution < 1.29 is 9.84 Å². The van der Waals surface area contributed by atoms with E-state index >= 15 is 0 Å². The van der Waals surface area contributed by atoms with Gasteiger partial charge in [0.25, 0.3) is 0 Å². The molecule has 0 aliphatic carbocycles. The van der Waals surface area contributed by atoms with Crippen LogP contribution in [-0.4, -0.2) is 59.2 Å². The summed E-state index contributed by atoms with van der Waals surface area (Å²) in [6, 6.07) is 14.7. The summed E-state index contributed by atoms with van der Waals surface area (Å²) < 4.78 is 5.29. The third-order valence-corrected chi connectivity index (χ3v) is 8.77. The number of thioether (sulfide) groups is 2. The van der Waals surface area contributed by atoms with Crippen molar-refractivity contribution in [1.29, 1.82) is 0 Å². The minimum Gasteiger partial charge on any atom is -0.504 e. The third-order valence-electron chi connectivity index (χ3n) is 5.93. The summed E-state index contributed by atoms with van der Waals surface area (Å²) >= 11 is 3.88. The zero-order chi connectivity index (χ0) is 21.3. The van der Waals surface area contributed by atoms with Gasteiger partial charge in [-0.3, -0.25) is 9.80 Å². The SMILES string of the molecule is COc1cc(C2SCC(CSC3NNC(c4ccccc4C)N3C)N2C)ccc1O. The van der Waals surface area contributed by atoms with Gasteiger partial charge in [0, 0.05) is 17.5 Å². The molecule has 2 fully saturated rings. The number of rotatable bonds is 6. The minimum atomic E-state index is 0.177. The van der Waals surface area contributed by atoms with Crippen LogP contribution in [0.4, 0.5) is 0 Å². The molecule has 0 spiro atoms. The van der Waals surface area contributed by atoms with Gasteiger partial charge < -0.3 is 9.84 Å². The number of ether oxygens (including phenoxy) is 1. The number of aryl methyl sites for hydroxylation is 1. The Morgan fingerprint density at radius 3 is 2.73 bits per heavy atom. The molecule has 0 amide bonds. The average Bonchev–Trinajstić information content (AvgIpc) is 3.29. The summed E-state index contributed by atoms with van der Waals surface area (Å²) in [6.07, 6.45) is 0.177. The second kappa shape index (κ2) is 9.38. The van der Waals surface area contributed by atoms with Crippen LogP contribution in [0.1, 0.15) is 28.2 Å². The Morgan fingerprint density at radius 2 is 1.97 bits per heavy atom. The molecule has 3 N–H and O–H groups in total. The molecule has 2 aromatic rings. The predicted octanol–water partition coefficient (Wildman–Crippen LogP) is 3.51. The first-order chi connectivity index (χ1) is 14.5. The van der Waals surface area contributed by atoms with Gasteiger partial charge in [0.1, 0.15) is 11.7 Å². The maximum Gasteiger partial charge on any atom is 0.160 e. The van der Waals surface area contributed by atoms with E-state index in [4.69, 9.17) is 4.74 Å². The Bertz CT molecular complexity index is 884. The zero-order valence-corrected chi connectivity index (χ0v) is 19.5. The molecule has 0 aromatic heterocycles. The number of hydrazine groups is 1. The fourth-order valence-electron chi connectivity index (χ4n) is 4.02. The van der Waals surface area contributed by atoms with Crippen LogP contribution in [-0.2, 0) is 0 Å². The smallest absolute Gasteiger partial charge is 0.160 e. The Balaban J connectivity index is 1.35. The summed E-state index contributed by atoms with van der Waals surface area (Å²) in [5, 5.41) is 10.2. The van der Waals surface area contributed by atoms with Crippen molar-refractivity contribution in [3.8, 4) is 11.5 Å². The Labute approximate surface area is 187 Å². The molecule has 30 heavy (non-hydrogen) atoms. The first kappa shape index (κ1) is 21.8. The molecule has 8 heteroatoms. The maximum atomic E-state index is 9.88. The molecule has 2 heterocycles. The number of phenolic OH excluding ortho intramolecular Hbond substituents is 1. The summed E-state index contributed by atoms with van der Waals surface area (Å²) in [5.74, 6) is 2.84.